The highest BCUT2D eigenvalue weighted by molar-refractivity contribution is 5.27. The summed E-state index contributed by atoms with van der Waals surface area (Å²) in [5.41, 5.74) is 2.56. The Kier molecular flexibility index (Phi) is 7.28. The van der Waals surface area contributed by atoms with Gasteiger partial charge in [-0.1, -0.05) is 73.0 Å². The topological polar surface area (TPSA) is 20.2 Å². The standard InChI is InChI=1S/C31H54O/c1-8-22(20(3)4)11-10-21(5)26-12-13-27-29-23(9-2)18-24-19-25(32)14-16-30(24,6)28(29)15-17-31(26,27)7/h18,20-23,25-29,32H,8-17,19H2,1-7H3/t21-,22-,23+,25+,26-,27+,28+,29+,30+,31-/m1/s1. The fourth-order valence-electron chi connectivity index (χ4n) is 9.85. The van der Waals surface area contributed by atoms with Crippen LogP contribution in [0.4, 0.5) is 0 Å². The highest BCUT2D eigenvalue weighted by Gasteiger charge is 2.60. The van der Waals surface area contributed by atoms with Gasteiger partial charge in [0.25, 0.3) is 0 Å². The van der Waals surface area contributed by atoms with Gasteiger partial charge in [0.2, 0.25) is 0 Å². The van der Waals surface area contributed by atoms with Crippen molar-refractivity contribution in [1.82, 2.24) is 0 Å². The third-order valence-electron chi connectivity index (χ3n) is 11.9. The summed E-state index contributed by atoms with van der Waals surface area (Å²) in [4.78, 5) is 0. The van der Waals surface area contributed by atoms with Crippen LogP contribution in [-0.4, -0.2) is 11.2 Å². The molecule has 184 valence electrons. The van der Waals surface area contributed by atoms with Crippen LogP contribution in [0.5, 0.6) is 0 Å². The van der Waals surface area contributed by atoms with Gasteiger partial charge in [0.1, 0.15) is 0 Å². The van der Waals surface area contributed by atoms with E-state index in [1.54, 1.807) is 5.57 Å². The third-order valence-corrected chi connectivity index (χ3v) is 11.9. The van der Waals surface area contributed by atoms with E-state index in [0.717, 1.165) is 60.2 Å². The maximum Gasteiger partial charge on any atom is 0.0577 e. The van der Waals surface area contributed by atoms with E-state index >= 15 is 0 Å². The van der Waals surface area contributed by atoms with Crippen molar-refractivity contribution in [2.45, 2.75) is 125 Å². The summed E-state index contributed by atoms with van der Waals surface area (Å²) in [5.74, 6) is 6.97. The molecule has 0 unspecified atom stereocenters. The Morgan fingerprint density at radius 3 is 2.38 bits per heavy atom. The van der Waals surface area contributed by atoms with Crippen molar-refractivity contribution in [3.8, 4) is 0 Å². The van der Waals surface area contributed by atoms with E-state index in [1.165, 1.54) is 57.8 Å². The molecule has 0 aliphatic heterocycles. The second-order valence-electron chi connectivity index (χ2n) is 13.6. The SMILES string of the molecule is CC[C@H](CC[C@@H](C)[C@H]1CC[C@H]2[C@@H]3[C@@H](CC)C=C4C[C@@H](O)CC[C@]4(C)[C@H]3CC[C@]12C)C(C)C. The zero-order valence-corrected chi connectivity index (χ0v) is 22.5. The minimum Gasteiger partial charge on any atom is -0.393 e. The number of allylic oxidation sites excluding steroid dienone is 1. The van der Waals surface area contributed by atoms with Crippen molar-refractivity contribution < 1.29 is 5.11 Å². The van der Waals surface area contributed by atoms with Crippen molar-refractivity contribution in [2.24, 2.45) is 58.2 Å². The molecule has 0 saturated heterocycles. The Labute approximate surface area is 200 Å². The van der Waals surface area contributed by atoms with Crippen LogP contribution in [0.3, 0.4) is 0 Å². The smallest absolute Gasteiger partial charge is 0.0577 e. The van der Waals surface area contributed by atoms with E-state index in [2.05, 4.69) is 54.5 Å². The lowest BCUT2D eigenvalue weighted by Gasteiger charge is -2.60. The molecule has 1 nitrogen and oxygen atoms in total. The number of fused-ring (bicyclic) bond motifs is 5. The van der Waals surface area contributed by atoms with E-state index in [4.69, 9.17) is 0 Å². The van der Waals surface area contributed by atoms with Gasteiger partial charge in [0.05, 0.1) is 6.10 Å². The monoisotopic (exact) mass is 442 g/mol. The largest absolute Gasteiger partial charge is 0.393 e. The van der Waals surface area contributed by atoms with Gasteiger partial charge in [-0.15, -0.1) is 0 Å². The molecule has 0 bridgehead atoms. The first-order valence-electron chi connectivity index (χ1n) is 14.5. The van der Waals surface area contributed by atoms with E-state index in [9.17, 15) is 5.11 Å². The molecule has 1 N–H and O–H groups in total. The van der Waals surface area contributed by atoms with Gasteiger partial charge in [-0.3, -0.25) is 0 Å². The second kappa shape index (κ2) is 9.39. The zero-order chi connectivity index (χ0) is 23.3. The van der Waals surface area contributed by atoms with Gasteiger partial charge in [-0.2, -0.15) is 0 Å². The van der Waals surface area contributed by atoms with Crippen LogP contribution in [0.2, 0.25) is 0 Å². The van der Waals surface area contributed by atoms with E-state index < -0.39 is 0 Å². The second-order valence-corrected chi connectivity index (χ2v) is 13.6. The maximum absolute atomic E-state index is 10.4. The predicted molar refractivity (Wildman–Crippen MR) is 137 cm³/mol. The Bertz CT molecular complexity index is 678. The zero-order valence-electron chi connectivity index (χ0n) is 22.5. The lowest BCUT2D eigenvalue weighted by atomic mass is 9.44. The van der Waals surface area contributed by atoms with Crippen LogP contribution < -0.4 is 0 Å². The highest BCUT2D eigenvalue weighted by atomic mass is 16.3. The Morgan fingerprint density at radius 2 is 1.72 bits per heavy atom. The first kappa shape index (κ1) is 24.8. The summed E-state index contributed by atoms with van der Waals surface area (Å²) in [7, 11) is 0. The predicted octanol–water partition coefficient (Wildman–Crippen LogP) is 8.66. The summed E-state index contributed by atoms with van der Waals surface area (Å²) in [6.07, 6.45) is 17.1. The van der Waals surface area contributed by atoms with E-state index in [0.29, 0.717) is 10.8 Å². The average Bonchev–Trinajstić information content (AvgIpc) is 3.11. The lowest BCUT2D eigenvalue weighted by Crippen LogP contribution is -2.53. The van der Waals surface area contributed by atoms with Gasteiger partial charge in [-0.05, 0) is 116 Å². The van der Waals surface area contributed by atoms with Gasteiger partial charge < -0.3 is 5.11 Å². The Balaban J connectivity index is 1.54. The van der Waals surface area contributed by atoms with Crippen molar-refractivity contribution >= 4 is 0 Å². The number of aliphatic hydroxyl groups is 1. The molecule has 4 aliphatic rings. The van der Waals surface area contributed by atoms with Crippen LogP contribution in [0.15, 0.2) is 11.6 Å². The van der Waals surface area contributed by atoms with Crippen molar-refractivity contribution in [3.05, 3.63) is 11.6 Å². The summed E-state index contributed by atoms with van der Waals surface area (Å²) < 4.78 is 0. The van der Waals surface area contributed by atoms with E-state index in [-0.39, 0.29) is 6.10 Å². The van der Waals surface area contributed by atoms with Crippen molar-refractivity contribution in [3.63, 3.8) is 0 Å². The van der Waals surface area contributed by atoms with Crippen LogP contribution >= 0.6 is 0 Å². The Morgan fingerprint density at radius 1 is 0.969 bits per heavy atom. The molecule has 0 aromatic rings. The van der Waals surface area contributed by atoms with Crippen molar-refractivity contribution in [2.75, 3.05) is 0 Å². The summed E-state index contributed by atoms with van der Waals surface area (Å²) in [6.45, 7) is 17.6. The average molecular weight is 443 g/mol. The number of hydrogen-bond donors (Lipinski definition) is 1. The van der Waals surface area contributed by atoms with E-state index in [1.807, 2.05) is 0 Å². The maximum atomic E-state index is 10.4. The van der Waals surface area contributed by atoms with Crippen LogP contribution in [0, 0.1) is 58.2 Å². The molecule has 4 aliphatic carbocycles. The molecule has 0 radical (unpaired) electrons. The quantitative estimate of drug-likeness (QED) is 0.391. The molecule has 4 rings (SSSR count). The first-order valence-corrected chi connectivity index (χ1v) is 14.5. The lowest BCUT2D eigenvalue weighted by molar-refractivity contribution is -0.0764. The number of rotatable bonds is 7. The fraction of sp³-hybridized carbons (Fsp3) is 0.935. The molecule has 0 aromatic heterocycles. The van der Waals surface area contributed by atoms with Crippen LogP contribution in [0.1, 0.15) is 119 Å². The fourth-order valence-corrected chi connectivity index (χ4v) is 9.85. The summed E-state index contributed by atoms with van der Waals surface area (Å²) in [6, 6.07) is 0. The van der Waals surface area contributed by atoms with Gasteiger partial charge in [0.15, 0.2) is 0 Å². The van der Waals surface area contributed by atoms with Crippen molar-refractivity contribution in [1.29, 1.82) is 0 Å². The van der Waals surface area contributed by atoms with Gasteiger partial charge in [-0.25, -0.2) is 0 Å². The minimum absolute atomic E-state index is 0.0910. The first-order chi connectivity index (χ1) is 15.2. The minimum atomic E-state index is -0.0910. The molecule has 0 heterocycles. The van der Waals surface area contributed by atoms with Crippen LogP contribution in [0.25, 0.3) is 0 Å². The molecule has 32 heavy (non-hydrogen) atoms. The molecule has 3 saturated carbocycles. The molecule has 10 atom stereocenters. The van der Waals surface area contributed by atoms with Gasteiger partial charge in [0, 0.05) is 0 Å². The summed E-state index contributed by atoms with van der Waals surface area (Å²) in [5, 5.41) is 10.4. The van der Waals surface area contributed by atoms with Crippen LogP contribution in [-0.2, 0) is 0 Å². The molecule has 0 spiro atoms. The number of aliphatic hydroxyl groups excluding tert-OH is 1. The number of hydrogen-bond acceptors (Lipinski definition) is 1. The highest BCUT2D eigenvalue weighted by Crippen LogP contribution is 2.68. The summed E-state index contributed by atoms with van der Waals surface area (Å²) >= 11 is 0. The Hall–Kier alpha value is -0.300. The molecule has 0 aromatic carbocycles. The molecule has 3 fully saturated rings. The van der Waals surface area contributed by atoms with Gasteiger partial charge >= 0.3 is 0 Å². The molecule has 0 amide bonds. The normalized spacial score (nSPS) is 45.6. The molecular formula is C31H54O. The molecular weight excluding hydrogens is 388 g/mol. The third kappa shape index (κ3) is 4.05. The molecule has 1 heteroatoms.